The Kier molecular flexibility index (Phi) is 4.78. The zero-order valence-corrected chi connectivity index (χ0v) is 11.9. The van der Waals surface area contributed by atoms with Crippen molar-refractivity contribution in [1.29, 1.82) is 0 Å². The lowest BCUT2D eigenvalue weighted by Gasteiger charge is -2.25. The van der Waals surface area contributed by atoms with Crippen LogP contribution in [0.3, 0.4) is 0 Å². The van der Waals surface area contributed by atoms with Gasteiger partial charge in [0, 0.05) is 38.4 Å². The summed E-state index contributed by atoms with van der Waals surface area (Å²) in [5.41, 5.74) is 1.35. The molecule has 1 unspecified atom stereocenters. The summed E-state index contributed by atoms with van der Waals surface area (Å²) in [5, 5.41) is 7.79. The number of nitrogens with one attached hydrogen (secondary N) is 1. The molecule has 1 fully saturated rings. The lowest BCUT2D eigenvalue weighted by Crippen LogP contribution is -2.41. The quantitative estimate of drug-likeness (QED) is 0.829. The van der Waals surface area contributed by atoms with Crippen LogP contribution in [-0.2, 0) is 13.5 Å². The Morgan fingerprint density at radius 1 is 1.50 bits per heavy atom. The van der Waals surface area contributed by atoms with Gasteiger partial charge in [-0.15, -0.1) is 0 Å². The Morgan fingerprint density at radius 2 is 2.33 bits per heavy atom. The van der Waals surface area contributed by atoms with E-state index in [0.29, 0.717) is 6.04 Å². The molecule has 1 aromatic rings. The van der Waals surface area contributed by atoms with Crippen LogP contribution >= 0.6 is 0 Å². The molecule has 18 heavy (non-hydrogen) atoms. The number of aryl methyl sites for hydroxylation is 1. The Morgan fingerprint density at radius 3 is 3.00 bits per heavy atom. The van der Waals surface area contributed by atoms with Crippen LogP contribution < -0.4 is 5.32 Å². The van der Waals surface area contributed by atoms with Gasteiger partial charge in [-0.05, 0) is 31.4 Å². The molecule has 0 amide bonds. The first-order chi connectivity index (χ1) is 8.65. The predicted molar refractivity (Wildman–Crippen MR) is 74.6 cm³/mol. The lowest BCUT2D eigenvalue weighted by molar-refractivity contribution is 0.247. The minimum Gasteiger partial charge on any atom is -0.313 e. The molecule has 1 atom stereocenters. The zero-order valence-electron chi connectivity index (χ0n) is 11.9. The van der Waals surface area contributed by atoms with Gasteiger partial charge in [0.25, 0.3) is 0 Å². The van der Waals surface area contributed by atoms with Gasteiger partial charge in [0.15, 0.2) is 0 Å². The molecular weight excluding hydrogens is 224 g/mol. The number of nitrogens with zero attached hydrogens (tertiary/aromatic N) is 3. The summed E-state index contributed by atoms with van der Waals surface area (Å²) in [7, 11) is 1.98. The van der Waals surface area contributed by atoms with E-state index in [-0.39, 0.29) is 0 Å². The van der Waals surface area contributed by atoms with Gasteiger partial charge in [0.05, 0.1) is 6.20 Å². The van der Waals surface area contributed by atoms with E-state index in [4.69, 9.17) is 0 Å². The van der Waals surface area contributed by atoms with Crippen LogP contribution in [0.4, 0.5) is 0 Å². The van der Waals surface area contributed by atoms with Crippen molar-refractivity contribution in [3.8, 4) is 0 Å². The van der Waals surface area contributed by atoms with Crippen LogP contribution in [0.25, 0.3) is 0 Å². The molecule has 0 bridgehead atoms. The zero-order chi connectivity index (χ0) is 13.0. The monoisotopic (exact) mass is 250 g/mol. The lowest BCUT2D eigenvalue weighted by atomic mass is 10.2. The third-order valence-electron chi connectivity index (χ3n) is 3.71. The topological polar surface area (TPSA) is 33.1 Å². The van der Waals surface area contributed by atoms with Gasteiger partial charge in [-0.1, -0.05) is 13.8 Å². The molecule has 1 aromatic heterocycles. The molecule has 4 heteroatoms. The van der Waals surface area contributed by atoms with Gasteiger partial charge in [-0.3, -0.25) is 9.58 Å². The van der Waals surface area contributed by atoms with E-state index in [9.17, 15) is 0 Å². The van der Waals surface area contributed by atoms with Crippen molar-refractivity contribution in [1.82, 2.24) is 20.0 Å². The first-order valence-corrected chi connectivity index (χ1v) is 7.10. The van der Waals surface area contributed by atoms with Crippen molar-refractivity contribution in [2.24, 2.45) is 7.05 Å². The van der Waals surface area contributed by atoms with Crippen molar-refractivity contribution in [3.63, 3.8) is 0 Å². The fourth-order valence-corrected chi connectivity index (χ4v) is 2.67. The first kappa shape index (κ1) is 13.6. The normalized spacial score (nSPS) is 21.0. The number of hydrogen-bond acceptors (Lipinski definition) is 3. The number of hydrogen-bond donors (Lipinski definition) is 1. The second-order valence-corrected chi connectivity index (χ2v) is 5.67. The second kappa shape index (κ2) is 6.34. The first-order valence-electron chi connectivity index (χ1n) is 7.10. The summed E-state index contributed by atoms with van der Waals surface area (Å²) in [6.45, 7) is 7.98. The Hall–Kier alpha value is -0.870. The smallest absolute Gasteiger partial charge is 0.0522 e. The fourth-order valence-electron chi connectivity index (χ4n) is 2.67. The second-order valence-electron chi connectivity index (χ2n) is 5.67. The Balaban J connectivity index is 1.77. The van der Waals surface area contributed by atoms with E-state index in [2.05, 4.69) is 35.4 Å². The van der Waals surface area contributed by atoms with E-state index in [1.807, 2.05) is 17.9 Å². The maximum Gasteiger partial charge on any atom is 0.0522 e. The van der Waals surface area contributed by atoms with Crippen LogP contribution in [0, 0.1) is 0 Å². The maximum atomic E-state index is 4.23. The van der Waals surface area contributed by atoms with E-state index in [0.717, 1.165) is 25.6 Å². The van der Waals surface area contributed by atoms with Gasteiger partial charge >= 0.3 is 0 Å². The van der Waals surface area contributed by atoms with Gasteiger partial charge in [0.2, 0.25) is 0 Å². The molecule has 0 spiro atoms. The van der Waals surface area contributed by atoms with Gasteiger partial charge in [0.1, 0.15) is 0 Å². The van der Waals surface area contributed by atoms with Crippen LogP contribution in [-0.4, -0.2) is 46.4 Å². The molecule has 0 saturated carbocycles. The molecule has 2 rings (SSSR count). The van der Waals surface area contributed by atoms with Gasteiger partial charge in [-0.2, -0.15) is 5.10 Å². The number of rotatable bonds is 6. The van der Waals surface area contributed by atoms with Crippen molar-refractivity contribution in [2.75, 3.05) is 19.6 Å². The Bertz CT molecular complexity index is 358. The average Bonchev–Trinajstić information content (AvgIpc) is 2.92. The molecule has 1 N–H and O–H groups in total. The highest BCUT2D eigenvalue weighted by molar-refractivity contribution is 5.04. The standard InChI is InChI=1S/C14H26N4/c1-12(2)15-10-14-5-4-7-18(14)8-6-13-9-16-17(3)11-13/h9,11-12,14-15H,4-8,10H2,1-3H3. The van der Waals surface area contributed by atoms with Crippen molar-refractivity contribution in [3.05, 3.63) is 18.0 Å². The third kappa shape index (κ3) is 3.82. The summed E-state index contributed by atoms with van der Waals surface area (Å²) in [6.07, 6.45) is 7.91. The van der Waals surface area contributed by atoms with Crippen molar-refractivity contribution < 1.29 is 0 Å². The molecule has 102 valence electrons. The maximum absolute atomic E-state index is 4.23. The van der Waals surface area contributed by atoms with Crippen LogP contribution in [0.2, 0.25) is 0 Å². The van der Waals surface area contributed by atoms with E-state index < -0.39 is 0 Å². The summed E-state index contributed by atoms with van der Waals surface area (Å²) in [5.74, 6) is 0. The molecule has 1 aliphatic rings. The number of aromatic nitrogens is 2. The van der Waals surface area contributed by atoms with Crippen LogP contribution in [0.15, 0.2) is 12.4 Å². The van der Waals surface area contributed by atoms with Crippen molar-refractivity contribution in [2.45, 2.75) is 45.2 Å². The fraction of sp³-hybridized carbons (Fsp3) is 0.786. The summed E-state index contributed by atoms with van der Waals surface area (Å²) in [4.78, 5) is 2.63. The minimum absolute atomic E-state index is 0.589. The SMILES string of the molecule is CC(C)NCC1CCCN1CCc1cnn(C)c1. The summed E-state index contributed by atoms with van der Waals surface area (Å²) >= 11 is 0. The van der Waals surface area contributed by atoms with E-state index in [1.165, 1.54) is 24.9 Å². The van der Waals surface area contributed by atoms with Crippen molar-refractivity contribution >= 4 is 0 Å². The molecule has 0 aliphatic carbocycles. The molecule has 0 aromatic carbocycles. The molecule has 2 heterocycles. The highest BCUT2D eigenvalue weighted by Gasteiger charge is 2.23. The average molecular weight is 250 g/mol. The summed E-state index contributed by atoms with van der Waals surface area (Å²) < 4.78 is 1.89. The molecule has 1 aliphatic heterocycles. The highest BCUT2D eigenvalue weighted by Crippen LogP contribution is 2.17. The Labute approximate surface area is 110 Å². The predicted octanol–water partition coefficient (Wildman–Crippen LogP) is 1.42. The summed E-state index contributed by atoms with van der Waals surface area (Å²) in [6, 6.07) is 1.31. The van der Waals surface area contributed by atoms with Gasteiger partial charge in [-0.25, -0.2) is 0 Å². The van der Waals surface area contributed by atoms with Gasteiger partial charge < -0.3 is 5.32 Å². The van der Waals surface area contributed by atoms with E-state index in [1.54, 1.807) is 0 Å². The van der Waals surface area contributed by atoms with Crippen LogP contribution in [0.1, 0.15) is 32.3 Å². The molecule has 0 radical (unpaired) electrons. The molecular formula is C14H26N4. The number of likely N-dealkylation sites (tertiary alicyclic amines) is 1. The molecule has 4 nitrogen and oxygen atoms in total. The largest absolute Gasteiger partial charge is 0.313 e. The highest BCUT2D eigenvalue weighted by atomic mass is 15.2. The van der Waals surface area contributed by atoms with Crippen LogP contribution in [0.5, 0.6) is 0 Å². The minimum atomic E-state index is 0.589. The molecule has 1 saturated heterocycles. The third-order valence-corrected chi connectivity index (χ3v) is 3.71. The van der Waals surface area contributed by atoms with E-state index >= 15 is 0 Å².